The van der Waals surface area contributed by atoms with Crippen molar-refractivity contribution in [1.82, 2.24) is 4.31 Å². The Kier molecular flexibility index (Phi) is 4.01. The number of hydrogen-bond acceptors (Lipinski definition) is 5. The van der Waals surface area contributed by atoms with Crippen molar-refractivity contribution in [3.05, 3.63) is 59.7 Å². The maximum Gasteiger partial charge on any atom is 0.239 e. The molecular weight excluding hydrogens is 336 g/mol. The third kappa shape index (κ3) is 3.08. The van der Waals surface area contributed by atoms with Gasteiger partial charge in [0.15, 0.2) is 0 Å². The molecule has 7 heteroatoms. The van der Waals surface area contributed by atoms with E-state index in [4.69, 9.17) is 11.0 Å². The van der Waals surface area contributed by atoms with E-state index in [-0.39, 0.29) is 11.7 Å². The second kappa shape index (κ2) is 5.90. The molecule has 0 aromatic heterocycles. The Morgan fingerprint density at radius 1 is 1.20 bits per heavy atom. The number of nitrogens with two attached hydrogens (primary N) is 1. The smallest absolute Gasteiger partial charge is 0.239 e. The van der Waals surface area contributed by atoms with Crippen LogP contribution in [0.1, 0.15) is 18.1 Å². The molecule has 0 unspecified atom stereocenters. The molecule has 1 atom stereocenters. The Balaban J connectivity index is 2.09. The highest BCUT2D eigenvalue weighted by molar-refractivity contribution is 7.89. The van der Waals surface area contributed by atoms with Gasteiger partial charge in [0.25, 0.3) is 0 Å². The van der Waals surface area contributed by atoms with Crippen molar-refractivity contribution >= 4 is 16.0 Å². The first-order chi connectivity index (χ1) is 11.7. The number of sulfonamides is 1. The lowest BCUT2D eigenvalue weighted by Crippen LogP contribution is -2.50. The molecule has 0 amide bonds. The van der Waals surface area contributed by atoms with Crippen molar-refractivity contribution < 1.29 is 8.42 Å². The van der Waals surface area contributed by atoms with Crippen LogP contribution in [0.25, 0.3) is 11.1 Å². The van der Waals surface area contributed by atoms with Crippen LogP contribution in [0.5, 0.6) is 0 Å². The topological polar surface area (TPSA) is 99.5 Å². The van der Waals surface area contributed by atoms with Crippen LogP contribution in [-0.2, 0) is 15.6 Å². The van der Waals surface area contributed by atoms with E-state index in [1.807, 2.05) is 36.4 Å². The molecular formula is C18H18N4O2S. The van der Waals surface area contributed by atoms with Crippen LogP contribution in [0, 0.1) is 11.3 Å². The van der Waals surface area contributed by atoms with Gasteiger partial charge < -0.3 is 5.73 Å². The number of guanidine groups is 1. The Bertz CT molecular complexity index is 1010. The van der Waals surface area contributed by atoms with Crippen molar-refractivity contribution in [2.24, 2.45) is 10.7 Å². The number of aliphatic imine (C=N–C) groups is 1. The normalized spacial score (nSPS) is 22.1. The van der Waals surface area contributed by atoms with Crippen molar-refractivity contribution in [2.75, 3.05) is 12.8 Å². The number of benzene rings is 2. The first-order valence-corrected chi connectivity index (χ1v) is 9.29. The van der Waals surface area contributed by atoms with Gasteiger partial charge in [-0.05, 0) is 41.8 Å². The van der Waals surface area contributed by atoms with Crippen LogP contribution in [0.2, 0.25) is 0 Å². The molecule has 2 N–H and O–H groups in total. The monoisotopic (exact) mass is 354 g/mol. The third-order valence-electron chi connectivity index (χ3n) is 4.37. The van der Waals surface area contributed by atoms with Crippen LogP contribution in [0.4, 0.5) is 0 Å². The average molecular weight is 354 g/mol. The molecule has 0 aliphatic carbocycles. The Labute approximate surface area is 147 Å². The fraction of sp³-hybridized carbons (Fsp3) is 0.222. The predicted molar refractivity (Wildman–Crippen MR) is 97.1 cm³/mol. The molecule has 0 radical (unpaired) electrons. The highest BCUT2D eigenvalue weighted by Gasteiger charge is 2.40. The summed E-state index contributed by atoms with van der Waals surface area (Å²) in [6.45, 7) is 1.76. The molecule has 1 heterocycles. The zero-order valence-electron chi connectivity index (χ0n) is 14.0. The quantitative estimate of drug-likeness (QED) is 0.892. The molecule has 0 fully saturated rings. The van der Waals surface area contributed by atoms with Crippen molar-refractivity contribution in [1.29, 1.82) is 5.26 Å². The highest BCUT2D eigenvalue weighted by Crippen LogP contribution is 2.34. The molecule has 3 rings (SSSR count). The lowest BCUT2D eigenvalue weighted by Gasteiger charge is -2.34. The van der Waals surface area contributed by atoms with E-state index >= 15 is 0 Å². The van der Waals surface area contributed by atoms with Gasteiger partial charge in [-0.2, -0.15) is 5.26 Å². The molecule has 1 aliphatic heterocycles. The zero-order valence-corrected chi connectivity index (χ0v) is 14.8. The van der Waals surface area contributed by atoms with Gasteiger partial charge in [-0.25, -0.2) is 17.7 Å². The lowest BCUT2D eigenvalue weighted by molar-refractivity contribution is 0.477. The van der Waals surface area contributed by atoms with Gasteiger partial charge in [-0.15, -0.1) is 0 Å². The zero-order chi connectivity index (χ0) is 18.2. The maximum atomic E-state index is 12.3. The molecule has 2 aromatic rings. The molecule has 0 bridgehead atoms. The summed E-state index contributed by atoms with van der Waals surface area (Å²) < 4.78 is 25.7. The van der Waals surface area contributed by atoms with Crippen LogP contribution in [0.15, 0.2) is 53.5 Å². The molecule has 1 aliphatic rings. The average Bonchev–Trinajstić information content (AvgIpc) is 2.59. The minimum Gasteiger partial charge on any atom is -0.369 e. The van der Waals surface area contributed by atoms with E-state index in [1.54, 1.807) is 19.1 Å². The van der Waals surface area contributed by atoms with E-state index < -0.39 is 15.6 Å². The molecule has 25 heavy (non-hydrogen) atoms. The number of nitrogens with zero attached hydrogens (tertiary/aromatic N) is 3. The third-order valence-corrected chi connectivity index (χ3v) is 6.32. The van der Waals surface area contributed by atoms with Gasteiger partial charge in [0.2, 0.25) is 16.0 Å². The summed E-state index contributed by atoms with van der Waals surface area (Å²) in [5.41, 5.74) is 7.95. The summed E-state index contributed by atoms with van der Waals surface area (Å²) in [6, 6.07) is 16.9. The predicted octanol–water partition coefficient (Wildman–Crippen LogP) is 2.03. The lowest BCUT2D eigenvalue weighted by atomic mass is 9.91. The SMILES string of the molecule is CN1C(N)=N[C@](C)(c2cccc(-c3cccc(C#N)c3)c2)CS1(=O)=O. The fourth-order valence-corrected chi connectivity index (χ4v) is 4.36. The Hall–Kier alpha value is -2.85. The van der Waals surface area contributed by atoms with Gasteiger partial charge in [-0.3, -0.25) is 0 Å². The second-order valence-electron chi connectivity index (χ2n) is 6.24. The largest absolute Gasteiger partial charge is 0.369 e. The van der Waals surface area contributed by atoms with E-state index in [9.17, 15) is 8.42 Å². The number of hydrogen-bond donors (Lipinski definition) is 1. The van der Waals surface area contributed by atoms with Crippen molar-refractivity contribution in [3.8, 4) is 17.2 Å². The van der Waals surface area contributed by atoms with E-state index in [0.717, 1.165) is 21.0 Å². The molecule has 0 spiro atoms. The summed E-state index contributed by atoms with van der Waals surface area (Å²) in [6.07, 6.45) is 0. The van der Waals surface area contributed by atoms with Crippen LogP contribution >= 0.6 is 0 Å². The van der Waals surface area contributed by atoms with Gasteiger partial charge in [0.1, 0.15) is 5.54 Å². The molecule has 2 aromatic carbocycles. The minimum absolute atomic E-state index is 0.0226. The molecule has 0 saturated heterocycles. The van der Waals surface area contributed by atoms with Crippen molar-refractivity contribution in [2.45, 2.75) is 12.5 Å². The number of nitriles is 1. The summed E-state index contributed by atoms with van der Waals surface area (Å²) in [5, 5.41) is 9.07. The first kappa shape index (κ1) is 17.0. The minimum atomic E-state index is -3.52. The highest BCUT2D eigenvalue weighted by atomic mass is 32.2. The standard InChI is InChI=1S/C18H18N4O2S/c1-18(12-25(23,24)22(2)17(20)21-18)16-8-4-7-15(10-16)14-6-3-5-13(9-14)11-19/h3-10H,12H2,1-2H3,(H2,20,21)/t18-/m0/s1. The summed E-state index contributed by atoms with van der Waals surface area (Å²) in [5.74, 6) is -0.176. The Morgan fingerprint density at radius 2 is 1.84 bits per heavy atom. The van der Waals surface area contributed by atoms with Crippen LogP contribution in [0.3, 0.4) is 0 Å². The Morgan fingerprint density at radius 3 is 2.48 bits per heavy atom. The van der Waals surface area contributed by atoms with Crippen LogP contribution < -0.4 is 5.73 Å². The van der Waals surface area contributed by atoms with E-state index in [1.165, 1.54) is 7.05 Å². The summed E-state index contributed by atoms with van der Waals surface area (Å²) in [4.78, 5) is 4.42. The number of rotatable bonds is 2. The molecule has 6 nitrogen and oxygen atoms in total. The summed E-state index contributed by atoms with van der Waals surface area (Å²) >= 11 is 0. The maximum absolute atomic E-state index is 12.3. The fourth-order valence-electron chi connectivity index (χ4n) is 2.90. The van der Waals surface area contributed by atoms with Gasteiger partial charge in [0.05, 0.1) is 17.4 Å². The molecule has 128 valence electrons. The van der Waals surface area contributed by atoms with Gasteiger partial charge >= 0.3 is 0 Å². The first-order valence-electron chi connectivity index (χ1n) is 7.68. The second-order valence-corrected chi connectivity index (χ2v) is 8.24. The summed E-state index contributed by atoms with van der Waals surface area (Å²) in [7, 11) is -2.12. The van der Waals surface area contributed by atoms with Gasteiger partial charge in [0, 0.05) is 7.05 Å². The van der Waals surface area contributed by atoms with E-state index in [2.05, 4.69) is 11.1 Å². The van der Waals surface area contributed by atoms with Gasteiger partial charge in [-0.1, -0.05) is 30.3 Å². The molecule has 0 saturated carbocycles. The van der Waals surface area contributed by atoms with Crippen molar-refractivity contribution in [3.63, 3.8) is 0 Å². The van der Waals surface area contributed by atoms with Crippen LogP contribution in [-0.4, -0.2) is 31.5 Å². The van der Waals surface area contributed by atoms with E-state index in [0.29, 0.717) is 5.56 Å².